The van der Waals surface area contributed by atoms with Crippen LogP contribution in [0.5, 0.6) is 5.75 Å². The van der Waals surface area contributed by atoms with Crippen LogP contribution in [0.1, 0.15) is 52.3 Å². The number of hydrogen-bond acceptors (Lipinski definition) is 5. The summed E-state index contributed by atoms with van der Waals surface area (Å²) in [6.45, 7) is 11.1. The van der Waals surface area contributed by atoms with E-state index in [1.807, 2.05) is 20.8 Å². The zero-order chi connectivity index (χ0) is 19.2. The highest BCUT2D eigenvalue weighted by molar-refractivity contribution is 14.1. The molecule has 1 N–H and O–H groups in total. The van der Waals surface area contributed by atoms with Gasteiger partial charge in [-0.05, 0) is 69.2 Å². The number of aliphatic hydroxyl groups is 1. The van der Waals surface area contributed by atoms with Gasteiger partial charge in [0, 0.05) is 0 Å². The van der Waals surface area contributed by atoms with Crippen LogP contribution >= 0.6 is 34.2 Å². The number of ether oxygens (including phenoxy) is 1. The molecule has 0 saturated heterocycles. The Labute approximate surface area is 171 Å². The summed E-state index contributed by atoms with van der Waals surface area (Å²) in [5.74, 6) is 0.430. The summed E-state index contributed by atoms with van der Waals surface area (Å²) >= 11 is 6.90. The normalized spacial score (nSPS) is 15.0. The molecule has 0 aliphatic rings. The van der Waals surface area contributed by atoms with Crippen molar-refractivity contribution in [3.05, 3.63) is 33.1 Å². The van der Waals surface area contributed by atoms with Crippen molar-refractivity contribution < 1.29 is 14.4 Å². The largest absolute Gasteiger partial charge is 0.591 e. The number of rotatable bonds is 8. The molecule has 1 heterocycles. The number of pyridine rings is 1. The first kappa shape index (κ1) is 22.7. The minimum atomic E-state index is -1.36. The Morgan fingerprint density at radius 2 is 2.24 bits per heavy atom. The van der Waals surface area contributed by atoms with E-state index in [0.29, 0.717) is 30.0 Å². The molecule has 2 atom stereocenters. The summed E-state index contributed by atoms with van der Waals surface area (Å²) < 4.78 is 22.7. The first-order valence-electron chi connectivity index (χ1n) is 7.82. The molecule has 0 fully saturated rings. The van der Waals surface area contributed by atoms with Crippen LogP contribution in [-0.4, -0.2) is 31.7 Å². The Kier molecular flexibility index (Phi) is 9.17. The zero-order valence-electron chi connectivity index (χ0n) is 14.9. The molecule has 1 rings (SSSR count). The molecule has 0 amide bonds. The Bertz CT molecular complexity index is 610. The van der Waals surface area contributed by atoms with Gasteiger partial charge in [0.2, 0.25) is 0 Å². The first-order chi connectivity index (χ1) is 11.6. The van der Waals surface area contributed by atoms with Crippen molar-refractivity contribution >= 4 is 51.3 Å². The molecule has 0 bridgehead atoms. The average molecular weight is 499 g/mol. The molecule has 8 heteroatoms. The molecule has 1 aromatic heterocycles. The predicted molar refractivity (Wildman–Crippen MR) is 113 cm³/mol. The number of aromatic nitrogens is 1. The standard InChI is InChI=1S/C17H24ClIN2O3S/c1-6-7-8-12(21-25(23)17(3,4)5)10-24-15-13(19)9-14(11(2)22)20-16(15)18/h6,9,11,22H,1,7-8,10H2,2-5H3. The summed E-state index contributed by atoms with van der Waals surface area (Å²) in [5, 5.41) is 9.81. The quantitative estimate of drug-likeness (QED) is 0.186. The van der Waals surface area contributed by atoms with E-state index in [1.54, 1.807) is 19.1 Å². The predicted octanol–water partition coefficient (Wildman–Crippen LogP) is 4.64. The molecule has 0 saturated carbocycles. The molecular formula is C17H24ClIN2O3S. The van der Waals surface area contributed by atoms with Gasteiger partial charge in [0.1, 0.15) is 28.4 Å². The van der Waals surface area contributed by atoms with E-state index in [9.17, 15) is 9.66 Å². The van der Waals surface area contributed by atoms with Gasteiger partial charge in [-0.1, -0.05) is 22.1 Å². The van der Waals surface area contributed by atoms with E-state index in [0.717, 1.165) is 3.57 Å². The van der Waals surface area contributed by atoms with E-state index >= 15 is 0 Å². The van der Waals surface area contributed by atoms with Crippen LogP contribution in [0.4, 0.5) is 0 Å². The van der Waals surface area contributed by atoms with Crippen molar-refractivity contribution in [1.82, 2.24) is 4.98 Å². The molecular weight excluding hydrogens is 475 g/mol. The van der Waals surface area contributed by atoms with Gasteiger partial charge in [-0.25, -0.2) is 4.98 Å². The Morgan fingerprint density at radius 3 is 2.72 bits per heavy atom. The molecule has 0 aromatic carbocycles. The molecule has 0 radical (unpaired) electrons. The molecule has 2 unspecified atom stereocenters. The topological polar surface area (TPSA) is 77.8 Å². The van der Waals surface area contributed by atoms with E-state index in [4.69, 9.17) is 16.3 Å². The summed E-state index contributed by atoms with van der Waals surface area (Å²) in [5.41, 5.74) is 1.16. The maximum absolute atomic E-state index is 12.3. The third kappa shape index (κ3) is 7.42. The minimum Gasteiger partial charge on any atom is -0.591 e. The van der Waals surface area contributed by atoms with Gasteiger partial charge < -0.3 is 14.4 Å². The second-order valence-corrected chi connectivity index (χ2v) is 9.89. The van der Waals surface area contributed by atoms with Gasteiger partial charge in [0.25, 0.3) is 0 Å². The highest BCUT2D eigenvalue weighted by Crippen LogP contribution is 2.31. The molecule has 0 aliphatic heterocycles. The van der Waals surface area contributed by atoms with Gasteiger partial charge in [-0.15, -0.1) is 6.58 Å². The number of allylic oxidation sites excluding steroid dienone is 1. The van der Waals surface area contributed by atoms with Crippen molar-refractivity contribution in [3.63, 3.8) is 0 Å². The van der Waals surface area contributed by atoms with Gasteiger partial charge in [-0.2, -0.15) is 0 Å². The smallest absolute Gasteiger partial charge is 0.172 e. The number of halogens is 2. The minimum absolute atomic E-state index is 0.168. The van der Waals surface area contributed by atoms with E-state index in [2.05, 4.69) is 38.6 Å². The third-order valence-corrected chi connectivity index (χ3v) is 5.62. The second kappa shape index (κ2) is 10.1. The molecule has 25 heavy (non-hydrogen) atoms. The second-order valence-electron chi connectivity index (χ2n) is 6.46. The Hall–Kier alpha value is -0.350. The lowest BCUT2D eigenvalue weighted by atomic mass is 10.2. The highest BCUT2D eigenvalue weighted by atomic mass is 127. The lowest BCUT2D eigenvalue weighted by Crippen LogP contribution is -2.28. The van der Waals surface area contributed by atoms with Crippen molar-refractivity contribution in [2.24, 2.45) is 4.40 Å². The maximum atomic E-state index is 12.3. The average Bonchev–Trinajstić information content (AvgIpc) is 2.49. The van der Waals surface area contributed by atoms with E-state index in [-0.39, 0.29) is 11.8 Å². The maximum Gasteiger partial charge on any atom is 0.172 e. The molecule has 140 valence electrons. The number of hydrogen-bond donors (Lipinski definition) is 1. The lowest BCUT2D eigenvalue weighted by Gasteiger charge is -2.19. The zero-order valence-corrected chi connectivity index (χ0v) is 18.6. The van der Waals surface area contributed by atoms with Crippen LogP contribution < -0.4 is 4.74 Å². The van der Waals surface area contributed by atoms with E-state index < -0.39 is 22.2 Å². The fourth-order valence-corrected chi connectivity index (χ4v) is 3.45. The fraction of sp³-hybridized carbons (Fsp3) is 0.529. The molecule has 0 spiro atoms. The summed E-state index contributed by atoms with van der Waals surface area (Å²) in [6.07, 6.45) is 2.40. The Balaban J connectivity index is 2.97. The van der Waals surface area contributed by atoms with Crippen molar-refractivity contribution in [2.45, 2.75) is 51.4 Å². The highest BCUT2D eigenvalue weighted by Gasteiger charge is 2.27. The lowest BCUT2D eigenvalue weighted by molar-refractivity contribution is 0.194. The van der Waals surface area contributed by atoms with Crippen LogP contribution in [0, 0.1) is 3.57 Å². The van der Waals surface area contributed by atoms with Gasteiger partial charge in [-0.3, -0.25) is 0 Å². The number of nitrogens with zero attached hydrogens (tertiary/aromatic N) is 2. The van der Waals surface area contributed by atoms with Crippen molar-refractivity contribution in [1.29, 1.82) is 0 Å². The Morgan fingerprint density at radius 1 is 1.60 bits per heavy atom. The van der Waals surface area contributed by atoms with Crippen LogP contribution in [0.25, 0.3) is 0 Å². The first-order valence-corrected chi connectivity index (χ1v) is 10.4. The van der Waals surface area contributed by atoms with Crippen molar-refractivity contribution in [2.75, 3.05) is 6.61 Å². The SMILES string of the molecule is C=CCCC(COc1c(I)cc(C(C)O)nc1Cl)=N[S+]([O-])C(C)(C)C. The van der Waals surface area contributed by atoms with E-state index in [1.165, 1.54) is 0 Å². The molecule has 5 nitrogen and oxygen atoms in total. The van der Waals surface area contributed by atoms with Crippen LogP contribution in [0.2, 0.25) is 5.15 Å². The van der Waals surface area contributed by atoms with Crippen LogP contribution in [-0.2, 0) is 11.4 Å². The molecule has 0 aliphatic carbocycles. The molecule has 1 aromatic rings. The summed E-state index contributed by atoms with van der Waals surface area (Å²) in [6, 6.07) is 1.72. The monoisotopic (exact) mass is 498 g/mol. The van der Waals surface area contributed by atoms with Crippen LogP contribution in [0.3, 0.4) is 0 Å². The van der Waals surface area contributed by atoms with Gasteiger partial charge in [0.15, 0.2) is 10.9 Å². The summed E-state index contributed by atoms with van der Waals surface area (Å²) in [7, 11) is 0. The van der Waals surface area contributed by atoms with Crippen LogP contribution in [0.15, 0.2) is 23.1 Å². The third-order valence-electron chi connectivity index (χ3n) is 3.09. The van der Waals surface area contributed by atoms with Crippen molar-refractivity contribution in [3.8, 4) is 5.75 Å². The van der Waals surface area contributed by atoms with Gasteiger partial charge in [0.05, 0.1) is 15.4 Å². The van der Waals surface area contributed by atoms with Gasteiger partial charge >= 0.3 is 0 Å². The number of aliphatic hydroxyl groups excluding tert-OH is 1. The fourth-order valence-electron chi connectivity index (χ4n) is 1.66. The summed E-state index contributed by atoms with van der Waals surface area (Å²) in [4.78, 5) is 4.14.